The number of hydrogen-bond acceptors (Lipinski definition) is 6. The van der Waals surface area contributed by atoms with Gasteiger partial charge in [-0.05, 0) is 19.8 Å². The molecule has 7 heteroatoms. The molecule has 102 valence electrons. The molecule has 0 aliphatic carbocycles. The lowest BCUT2D eigenvalue weighted by Crippen LogP contribution is -2.49. The Labute approximate surface area is 111 Å². The largest absolute Gasteiger partial charge is 0.381 e. The average molecular weight is 262 g/mol. The molecule has 0 bridgehead atoms. The number of aromatic nitrogens is 4. The summed E-state index contributed by atoms with van der Waals surface area (Å²) in [6, 6.07) is 0. The zero-order valence-corrected chi connectivity index (χ0v) is 11.0. The summed E-state index contributed by atoms with van der Waals surface area (Å²) in [5, 5.41) is 11.7. The van der Waals surface area contributed by atoms with Crippen LogP contribution in [0.15, 0.2) is 12.4 Å². The van der Waals surface area contributed by atoms with Gasteiger partial charge >= 0.3 is 0 Å². The lowest BCUT2D eigenvalue weighted by Gasteiger charge is -2.37. The standard InChI is InChI=1S/C12H18N6O/c1-9-16-17-11-10(14-4-5-18(9)11)15-12(8-13)2-6-19-7-3-12/h4-5H,2-3,6-8,13H2,1H3,(H,14,15). The van der Waals surface area contributed by atoms with Crippen molar-refractivity contribution in [1.82, 2.24) is 19.6 Å². The number of anilines is 1. The van der Waals surface area contributed by atoms with Crippen LogP contribution in [0.2, 0.25) is 0 Å². The Morgan fingerprint density at radius 1 is 1.42 bits per heavy atom. The van der Waals surface area contributed by atoms with Gasteiger partial charge in [0.2, 0.25) is 5.65 Å². The quantitative estimate of drug-likeness (QED) is 0.829. The molecule has 1 fully saturated rings. The summed E-state index contributed by atoms with van der Waals surface area (Å²) >= 11 is 0. The first-order valence-corrected chi connectivity index (χ1v) is 6.46. The number of nitrogens with two attached hydrogens (primary N) is 1. The summed E-state index contributed by atoms with van der Waals surface area (Å²) in [6.45, 7) is 3.90. The highest BCUT2D eigenvalue weighted by atomic mass is 16.5. The molecule has 1 saturated heterocycles. The number of nitrogens with zero attached hydrogens (tertiary/aromatic N) is 4. The molecule has 0 spiro atoms. The molecule has 0 radical (unpaired) electrons. The van der Waals surface area contributed by atoms with Crippen LogP contribution in [0, 0.1) is 6.92 Å². The van der Waals surface area contributed by atoms with Gasteiger partial charge in [0.05, 0.1) is 5.54 Å². The fourth-order valence-corrected chi connectivity index (χ4v) is 2.42. The molecule has 3 rings (SSSR count). The van der Waals surface area contributed by atoms with Crippen molar-refractivity contribution in [2.75, 3.05) is 25.1 Å². The monoisotopic (exact) mass is 262 g/mol. The molecule has 1 aliphatic rings. The molecule has 1 aliphatic heterocycles. The van der Waals surface area contributed by atoms with Gasteiger partial charge in [-0.25, -0.2) is 4.98 Å². The van der Waals surface area contributed by atoms with Crippen molar-refractivity contribution in [3.05, 3.63) is 18.2 Å². The van der Waals surface area contributed by atoms with Gasteiger partial charge in [0, 0.05) is 32.2 Å². The van der Waals surface area contributed by atoms with E-state index in [0.717, 1.165) is 43.3 Å². The van der Waals surface area contributed by atoms with Crippen LogP contribution < -0.4 is 11.1 Å². The first-order valence-electron chi connectivity index (χ1n) is 6.46. The Morgan fingerprint density at radius 3 is 2.95 bits per heavy atom. The number of hydrogen-bond donors (Lipinski definition) is 2. The van der Waals surface area contributed by atoms with E-state index in [4.69, 9.17) is 10.5 Å². The topological polar surface area (TPSA) is 90.4 Å². The fraction of sp³-hybridized carbons (Fsp3) is 0.583. The number of aryl methyl sites for hydroxylation is 1. The molecule has 0 atom stereocenters. The van der Waals surface area contributed by atoms with Crippen LogP contribution in [-0.2, 0) is 4.74 Å². The summed E-state index contributed by atoms with van der Waals surface area (Å²) < 4.78 is 7.32. The molecule has 7 nitrogen and oxygen atoms in total. The SMILES string of the molecule is Cc1nnc2c(NC3(CN)CCOCC3)nccn12. The van der Waals surface area contributed by atoms with Gasteiger partial charge in [-0.15, -0.1) is 10.2 Å². The maximum atomic E-state index is 5.95. The van der Waals surface area contributed by atoms with E-state index >= 15 is 0 Å². The minimum absolute atomic E-state index is 0.160. The number of fused-ring (bicyclic) bond motifs is 1. The van der Waals surface area contributed by atoms with E-state index in [2.05, 4.69) is 20.5 Å². The molecule has 3 N–H and O–H groups in total. The second kappa shape index (κ2) is 4.75. The molecule has 0 amide bonds. The highest BCUT2D eigenvalue weighted by Gasteiger charge is 2.32. The van der Waals surface area contributed by atoms with Crippen molar-refractivity contribution < 1.29 is 4.74 Å². The van der Waals surface area contributed by atoms with Crippen LogP contribution in [0.3, 0.4) is 0 Å². The van der Waals surface area contributed by atoms with Crippen LogP contribution in [-0.4, -0.2) is 44.9 Å². The minimum Gasteiger partial charge on any atom is -0.381 e. The van der Waals surface area contributed by atoms with Gasteiger partial charge in [-0.3, -0.25) is 4.40 Å². The normalized spacial score (nSPS) is 18.6. The highest BCUT2D eigenvalue weighted by Crippen LogP contribution is 2.25. The lowest BCUT2D eigenvalue weighted by molar-refractivity contribution is 0.0627. The molecule has 0 unspecified atom stereocenters. The third-order valence-electron chi connectivity index (χ3n) is 3.72. The lowest BCUT2D eigenvalue weighted by atomic mass is 9.90. The number of ether oxygens (including phenoxy) is 1. The molecule has 0 aromatic carbocycles. The van der Waals surface area contributed by atoms with E-state index in [1.54, 1.807) is 6.20 Å². The predicted molar refractivity (Wildman–Crippen MR) is 71.0 cm³/mol. The van der Waals surface area contributed by atoms with E-state index in [-0.39, 0.29) is 5.54 Å². The summed E-state index contributed by atoms with van der Waals surface area (Å²) in [5.74, 6) is 1.57. The number of rotatable bonds is 3. The highest BCUT2D eigenvalue weighted by molar-refractivity contribution is 5.63. The Hall–Kier alpha value is -1.73. The van der Waals surface area contributed by atoms with Gasteiger partial charge in [0.1, 0.15) is 5.82 Å². The van der Waals surface area contributed by atoms with Crippen LogP contribution in [0.5, 0.6) is 0 Å². The molecular formula is C12H18N6O. The van der Waals surface area contributed by atoms with Crippen LogP contribution >= 0.6 is 0 Å². The first-order chi connectivity index (χ1) is 9.24. The minimum atomic E-state index is -0.160. The van der Waals surface area contributed by atoms with Gasteiger partial charge in [0.25, 0.3) is 0 Å². The van der Waals surface area contributed by atoms with Crippen molar-refractivity contribution in [2.24, 2.45) is 5.73 Å². The Balaban J connectivity index is 1.95. The zero-order chi connectivity index (χ0) is 13.3. The van der Waals surface area contributed by atoms with Crippen molar-refractivity contribution in [3.63, 3.8) is 0 Å². The van der Waals surface area contributed by atoms with Gasteiger partial charge in [0.15, 0.2) is 5.82 Å². The predicted octanol–water partition coefficient (Wildman–Crippen LogP) is 0.353. The Bertz CT molecular complexity index is 575. The Kier molecular flexibility index (Phi) is 3.08. The third kappa shape index (κ3) is 2.15. The molecule has 19 heavy (non-hydrogen) atoms. The zero-order valence-electron chi connectivity index (χ0n) is 11.0. The van der Waals surface area contributed by atoms with Crippen molar-refractivity contribution in [2.45, 2.75) is 25.3 Å². The maximum Gasteiger partial charge on any atom is 0.203 e. The fourth-order valence-electron chi connectivity index (χ4n) is 2.42. The Morgan fingerprint density at radius 2 is 2.21 bits per heavy atom. The van der Waals surface area contributed by atoms with Crippen LogP contribution in [0.1, 0.15) is 18.7 Å². The van der Waals surface area contributed by atoms with Crippen LogP contribution in [0.4, 0.5) is 5.82 Å². The van der Waals surface area contributed by atoms with Crippen LogP contribution in [0.25, 0.3) is 5.65 Å². The van der Waals surface area contributed by atoms with E-state index in [0.29, 0.717) is 6.54 Å². The van der Waals surface area contributed by atoms with Gasteiger partial charge in [-0.2, -0.15) is 0 Å². The van der Waals surface area contributed by atoms with E-state index in [9.17, 15) is 0 Å². The second-order valence-electron chi connectivity index (χ2n) is 4.94. The molecule has 0 saturated carbocycles. The third-order valence-corrected chi connectivity index (χ3v) is 3.72. The van der Waals surface area contributed by atoms with E-state index < -0.39 is 0 Å². The van der Waals surface area contributed by atoms with Gasteiger partial charge < -0.3 is 15.8 Å². The molecule has 2 aromatic rings. The second-order valence-corrected chi connectivity index (χ2v) is 4.94. The van der Waals surface area contributed by atoms with E-state index in [1.165, 1.54) is 0 Å². The molecule has 3 heterocycles. The van der Waals surface area contributed by atoms with E-state index in [1.807, 2.05) is 17.5 Å². The van der Waals surface area contributed by atoms with Gasteiger partial charge in [-0.1, -0.05) is 0 Å². The summed E-state index contributed by atoms with van der Waals surface area (Å²) in [7, 11) is 0. The molecular weight excluding hydrogens is 244 g/mol. The van der Waals surface area contributed by atoms with Crippen molar-refractivity contribution >= 4 is 11.5 Å². The summed E-state index contributed by atoms with van der Waals surface area (Å²) in [4.78, 5) is 4.38. The maximum absolute atomic E-state index is 5.95. The summed E-state index contributed by atoms with van der Waals surface area (Å²) in [6.07, 6.45) is 5.35. The average Bonchev–Trinajstić information content (AvgIpc) is 2.83. The smallest absolute Gasteiger partial charge is 0.203 e. The number of nitrogens with one attached hydrogen (secondary N) is 1. The summed E-state index contributed by atoms with van der Waals surface area (Å²) in [5.41, 5.74) is 6.52. The van der Waals surface area contributed by atoms with Crippen molar-refractivity contribution in [1.29, 1.82) is 0 Å². The van der Waals surface area contributed by atoms with Crippen molar-refractivity contribution in [3.8, 4) is 0 Å². The first kappa shape index (κ1) is 12.3. The molecule has 2 aromatic heterocycles.